The zero-order valence-electron chi connectivity index (χ0n) is 13.1. The lowest BCUT2D eigenvalue weighted by molar-refractivity contribution is 0.309. The number of rotatable bonds is 5. The molecule has 0 bridgehead atoms. The molecule has 1 aliphatic rings. The predicted octanol–water partition coefficient (Wildman–Crippen LogP) is 5.22. The molecule has 1 aromatic heterocycles. The van der Waals surface area contributed by atoms with Gasteiger partial charge in [0.2, 0.25) is 0 Å². The van der Waals surface area contributed by atoms with Gasteiger partial charge >= 0.3 is 0 Å². The van der Waals surface area contributed by atoms with Gasteiger partial charge in [-0.3, -0.25) is 0 Å². The number of likely N-dealkylation sites (N-methyl/N-ethyl adjacent to an activating group) is 1. The van der Waals surface area contributed by atoms with Crippen LogP contribution in [0.5, 0.6) is 0 Å². The van der Waals surface area contributed by atoms with Crippen LogP contribution < -0.4 is 5.32 Å². The quantitative estimate of drug-likeness (QED) is 0.798. The topological polar surface area (TPSA) is 12.0 Å². The van der Waals surface area contributed by atoms with Gasteiger partial charge in [0.05, 0.1) is 6.04 Å². The van der Waals surface area contributed by atoms with E-state index in [1.54, 1.807) is 0 Å². The van der Waals surface area contributed by atoms with E-state index in [0.717, 1.165) is 6.54 Å². The van der Waals surface area contributed by atoms with E-state index in [-0.39, 0.29) is 5.41 Å². The number of thiophene rings is 1. The minimum absolute atomic E-state index is 0.272. The molecular formula is C19H25NS. The Kier molecular flexibility index (Phi) is 4.46. The lowest BCUT2D eigenvalue weighted by Gasteiger charge is -2.38. The first-order valence-corrected chi connectivity index (χ1v) is 8.93. The first kappa shape index (κ1) is 14.8. The van der Waals surface area contributed by atoms with Crippen LogP contribution >= 0.6 is 11.3 Å². The highest BCUT2D eigenvalue weighted by Gasteiger charge is 2.43. The minimum atomic E-state index is 0.272. The van der Waals surface area contributed by atoms with Gasteiger partial charge in [-0.15, -0.1) is 11.3 Å². The van der Waals surface area contributed by atoms with E-state index in [9.17, 15) is 0 Å². The normalized spacial score (nSPS) is 18.8. The molecule has 1 aromatic carbocycles. The van der Waals surface area contributed by atoms with Crippen LogP contribution in [0.3, 0.4) is 0 Å². The van der Waals surface area contributed by atoms with Crippen molar-refractivity contribution in [3.8, 4) is 0 Å². The average Bonchev–Trinajstić information content (AvgIpc) is 3.16. The van der Waals surface area contributed by atoms with E-state index < -0.39 is 0 Å². The highest BCUT2D eigenvalue weighted by atomic mass is 32.1. The van der Waals surface area contributed by atoms with Gasteiger partial charge in [-0.2, -0.15) is 0 Å². The fourth-order valence-electron chi connectivity index (χ4n) is 3.90. The molecule has 0 amide bonds. The molecule has 1 saturated carbocycles. The Labute approximate surface area is 132 Å². The highest BCUT2D eigenvalue weighted by Crippen LogP contribution is 2.50. The van der Waals surface area contributed by atoms with Crippen LogP contribution in [0, 0.1) is 6.92 Å². The van der Waals surface area contributed by atoms with E-state index in [2.05, 4.69) is 61.6 Å². The molecule has 112 valence electrons. The minimum Gasteiger partial charge on any atom is -0.309 e. The first-order valence-electron chi connectivity index (χ1n) is 8.11. The third-order valence-corrected chi connectivity index (χ3v) is 5.92. The van der Waals surface area contributed by atoms with E-state index in [1.165, 1.54) is 41.0 Å². The lowest BCUT2D eigenvalue weighted by Crippen LogP contribution is -2.39. The fraction of sp³-hybridized carbons (Fsp3) is 0.474. The second-order valence-electron chi connectivity index (χ2n) is 6.17. The molecule has 0 radical (unpaired) electrons. The average molecular weight is 299 g/mol. The SMILES string of the molecule is CCNC(c1ccc(C)s1)C1(c2ccccc2)CCCC1. The van der Waals surface area contributed by atoms with Crippen LogP contribution in [0.2, 0.25) is 0 Å². The van der Waals surface area contributed by atoms with Crippen molar-refractivity contribution < 1.29 is 0 Å². The van der Waals surface area contributed by atoms with E-state index in [0.29, 0.717) is 6.04 Å². The number of aryl methyl sites for hydroxylation is 1. The number of benzene rings is 1. The maximum absolute atomic E-state index is 3.80. The van der Waals surface area contributed by atoms with Crippen LogP contribution in [-0.4, -0.2) is 6.54 Å². The second kappa shape index (κ2) is 6.33. The van der Waals surface area contributed by atoms with Gasteiger partial charge in [0.25, 0.3) is 0 Å². The van der Waals surface area contributed by atoms with Crippen LogP contribution in [0.4, 0.5) is 0 Å². The van der Waals surface area contributed by atoms with Crippen molar-refractivity contribution in [2.45, 2.75) is 51.0 Å². The van der Waals surface area contributed by atoms with Crippen molar-refractivity contribution in [2.24, 2.45) is 0 Å². The monoisotopic (exact) mass is 299 g/mol. The van der Waals surface area contributed by atoms with E-state index >= 15 is 0 Å². The summed E-state index contributed by atoms with van der Waals surface area (Å²) in [5, 5.41) is 3.80. The van der Waals surface area contributed by atoms with Gasteiger partial charge in [-0.1, -0.05) is 50.1 Å². The summed E-state index contributed by atoms with van der Waals surface area (Å²) in [5.74, 6) is 0. The van der Waals surface area contributed by atoms with E-state index in [1.807, 2.05) is 11.3 Å². The summed E-state index contributed by atoms with van der Waals surface area (Å²) in [4.78, 5) is 2.91. The van der Waals surface area contributed by atoms with Gasteiger partial charge in [-0.05, 0) is 44.0 Å². The van der Waals surface area contributed by atoms with Crippen LogP contribution in [0.1, 0.15) is 54.0 Å². The summed E-state index contributed by atoms with van der Waals surface area (Å²) in [5.41, 5.74) is 1.79. The summed E-state index contributed by atoms with van der Waals surface area (Å²) in [6.45, 7) is 5.46. The third-order valence-electron chi connectivity index (χ3n) is 4.85. The highest BCUT2D eigenvalue weighted by molar-refractivity contribution is 7.12. The summed E-state index contributed by atoms with van der Waals surface area (Å²) in [6, 6.07) is 16.2. The van der Waals surface area contributed by atoms with Gasteiger partial charge < -0.3 is 5.32 Å². The molecule has 3 rings (SSSR count). The Morgan fingerprint density at radius 2 is 1.81 bits per heavy atom. The summed E-state index contributed by atoms with van der Waals surface area (Å²) in [6.07, 6.45) is 5.29. The van der Waals surface area contributed by atoms with Crippen LogP contribution in [-0.2, 0) is 5.41 Å². The number of hydrogen-bond donors (Lipinski definition) is 1. The molecule has 1 nitrogen and oxygen atoms in total. The molecule has 1 fully saturated rings. The van der Waals surface area contributed by atoms with E-state index in [4.69, 9.17) is 0 Å². The molecule has 1 heterocycles. The van der Waals surface area contributed by atoms with Crippen molar-refractivity contribution >= 4 is 11.3 Å². The molecule has 2 heteroatoms. The molecule has 21 heavy (non-hydrogen) atoms. The maximum atomic E-state index is 3.80. The number of nitrogens with one attached hydrogen (secondary N) is 1. The van der Waals surface area contributed by atoms with Crippen molar-refractivity contribution in [3.05, 3.63) is 57.8 Å². The molecule has 0 saturated heterocycles. The van der Waals surface area contributed by atoms with Gasteiger partial charge in [-0.25, -0.2) is 0 Å². The largest absolute Gasteiger partial charge is 0.309 e. The van der Waals surface area contributed by atoms with Gasteiger partial charge in [0.15, 0.2) is 0 Å². The summed E-state index contributed by atoms with van der Waals surface area (Å²) >= 11 is 1.95. The number of hydrogen-bond acceptors (Lipinski definition) is 2. The van der Waals surface area contributed by atoms with Crippen molar-refractivity contribution in [1.29, 1.82) is 0 Å². The smallest absolute Gasteiger partial charge is 0.0512 e. The Morgan fingerprint density at radius 1 is 1.10 bits per heavy atom. The summed E-state index contributed by atoms with van der Waals surface area (Å²) in [7, 11) is 0. The third kappa shape index (κ3) is 2.79. The first-order chi connectivity index (χ1) is 10.3. The van der Waals surface area contributed by atoms with Crippen molar-refractivity contribution in [2.75, 3.05) is 6.54 Å². The second-order valence-corrected chi connectivity index (χ2v) is 7.49. The molecule has 1 N–H and O–H groups in total. The molecular weight excluding hydrogens is 274 g/mol. The molecule has 0 aliphatic heterocycles. The molecule has 1 unspecified atom stereocenters. The zero-order valence-corrected chi connectivity index (χ0v) is 13.9. The Bertz CT molecular complexity index is 566. The molecule has 2 aromatic rings. The van der Waals surface area contributed by atoms with Gasteiger partial charge in [0, 0.05) is 15.2 Å². The fourth-order valence-corrected chi connectivity index (χ4v) is 4.97. The van der Waals surface area contributed by atoms with Gasteiger partial charge in [0.1, 0.15) is 0 Å². The standard InChI is InChI=1S/C19H25NS/c1-3-20-18(17-12-11-15(2)21-17)19(13-7-8-14-19)16-9-5-4-6-10-16/h4-6,9-12,18,20H,3,7-8,13-14H2,1-2H3. The molecule has 1 atom stereocenters. The molecule has 1 aliphatic carbocycles. The zero-order chi connectivity index (χ0) is 14.7. The predicted molar refractivity (Wildman–Crippen MR) is 92.1 cm³/mol. The Hall–Kier alpha value is -1.12. The maximum Gasteiger partial charge on any atom is 0.0512 e. The Balaban J connectivity index is 2.05. The van der Waals surface area contributed by atoms with Crippen molar-refractivity contribution in [3.63, 3.8) is 0 Å². The summed E-state index contributed by atoms with van der Waals surface area (Å²) < 4.78 is 0. The Morgan fingerprint density at radius 3 is 2.38 bits per heavy atom. The lowest BCUT2D eigenvalue weighted by atomic mass is 9.72. The molecule has 0 spiro atoms. The van der Waals surface area contributed by atoms with Crippen LogP contribution in [0.15, 0.2) is 42.5 Å². The van der Waals surface area contributed by atoms with Crippen molar-refractivity contribution in [1.82, 2.24) is 5.32 Å². The van der Waals surface area contributed by atoms with Crippen LogP contribution in [0.25, 0.3) is 0 Å².